The third-order valence-electron chi connectivity index (χ3n) is 3.71. The lowest BCUT2D eigenvalue weighted by Gasteiger charge is -2.20. The van der Waals surface area contributed by atoms with Gasteiger partial charge in [-0.1, -0.05) is 30.3 Å². The van der Waals surface area contributed by atoms with E-state index in [2.05, 4.69) is 16.0 Å². The van der Waals surface area contributed by atoms with Crippen LogP contribution in [0, 0.1) is 0 Å². The molecule has 11 nitrogen and oxygen atoms in total. The number of carboxylic acid groups (broad SMARTS) is 1. The molecule has 0 saturated carbocycles. The van der Waals surface area contributed by atoms with Gasteiger partial charge in [0.25, 0.3) is 0 Å². The Balaban J connectivity index is 2.47. The summed E-state index contributed by atoms with van der Waals surface area (Å²) in [7, 11) is 0. The Morgan fingerprint density at radius 1 is 0.966 bits per heavy atom. The number of rotatable bonds is 10. The van der Waals surface area contributed by atoms with Crippen LogP contribution < -0.4 is 21.7 Å². The van der Waals surface area contributed by atoms with Gasteiger partial charge in [-0.05, 0) is 19.4 Å². The number of aliphatic carboxylic acids is 1. The highest BCUT2D eigenvalue weighted by molar-refractivity contribution is 5.93. The number of carbonyl (C=O) groups is 5. The fourth-order valence-corrected chi connectivity index (χ4v) is 2.11. The molecule has 4 amide bonds. The second-order valence-corrected chi connectivity index (χ2v) is 6.23. The van der Waals surface area contributed by atoms with Crippen LogP contribution in [0.4, 0.5) is 4.79 Å². The summed E-state index contributed by atoms with van der Waals surface area (Å²) >= 11 is 0. The topological polar surface area (TPSA) is 177 Å². The second-order valence-electron chi connectivity index (χ2n) is 6.23. The molecule has 0 heterocycles. The molecule has 0 aliphatic carbocycles. The molecule has 0 fully saturated rings. The number of amides is 4. The lowest BCUT2D eigenvalue weighted by Crippen LogP contribution is -2.54. The summed E-state index contributed by atoms with van der Waals surface area (Å²) in [6, 6.07) is 5.28. The van der Waals surface area contributed by atoms with Gasteiger partial charge in [-0.15, -0.1) is 0 Å². The SMILES string of the molecule is C[C@H](NC(=O)OCc1ccccc1)C(=O)N[C@H](C)C(=O)N[C@@H](CC(N)=O)C(=O)O. The summed E-state index contributed by atoms with van der Waals surface area (Å²) in [6.45, 7) is 2.73. The first-order valence-corrected chi connectivity index (χ1v) is 8.69. The minimum absolute atomic E-state index is 0.0241. The first-order chi connectivity index (χ1) is 13.6. The van der Waals surface area contributed by atoms with Crippen molar-refractivity contribution in [2.75, 3.05) is 0 Å². The van der Waals surface area contributed by atoms with Gasteiger partial charge in [-0.25, -0.2) is 9.59 Å². The molecule has 158 valence electrons. The summed E-state index contributed by atoms with van der Waals surface area (Å²) in [4.78, 5) is 57.8. The molecule has 0 aliphatic rings. The maximum atomic E-state index is 12.1. The number of alkyl carbamates (subject to hydrolysis) is 1. The molecule has 1 rings (SSSR count). The molecular formula is C18H24N4O7. The van der Waals surface area contributed by atoms with Gasteiger partial charge in [0, 0.05) is 0 Å². The number of primary amides is 1. The van der Waals surface area contributed by atoms with Gasteiger partial charge >= 0.3 is 12.1 Å². The molecule has 1 aromatic rings. The first kappa shape index (κ1) is 23.4. The average Bonchev–Trinajstić information content (AvgIpc) is 2.65. The van der Waals surface area contributed by atoms with E-state index in [9.17, 15) is 24.0 Å². The Morgan fingerprint density at radius 2 is 1.52 bits per heavy atom. The van der Waals surface area contributed by atoms with E-state index in [4.69, 9.17) is 15.6 Å². The minimum atomic E-state index is -1.51. The third kappa shape index (κ3) is 8.73. The van der Waals surface area contributed by atoms with Crippen LogP contribution in [-0.4, -0.2) is 53.0 Å². The summed E-state index contributed by atoms with van der Waals surface area (Å²) in [6.07, 6.45) is -1.41. The van der Waals surface area contributed by atoms with E-state index in [1.165, 1.54) is 13.8 Å². The molecule has 3 atom stereocenters. The largest absolute Gasteiger partial charge is 0.480 e. The molecule has 29 heavy (non-hydrogen) atoms. The van der Waals surface area contributed by atoms with Crippen molar-refractivity contribution < 1.29 is 33.8 Å². The maximum absolute atomic E-state index is 12.1. The van der Waals surface area contributed by atoms with Crippen molar-refractivity contribution in [2.45, 2.75) is 45.0 Å². The Hall–Kier alpha value is -3.63. The molecule has 0 radical (unpaired) electrons. The van der Waals surface area contributed by atoms with Crippen molar-refractivity contribution in [1.29, 1.82) is 0 Å². The standard InChI is InChI=1S/C18H24N4O7/c1-10(16(25)22-13(17(26)27)8-14(19)23)20-15(24)11(2)21-18(28)29-9-12-6-4-3-5-7-12/h3-7,10-11,13H,8-9H2,1-2H3,(H2,19,23)(H,20,24)(H,21,28)(H,22,25)(H,26,27)/t10-,11+,13+/m1/s1. The highest BCUT2D eigenvalue weighted by atomic mass is 16.5. The van der Waals surface area contributed by atoms with Crippen molar-refractivity contribution in [2.24, 2.45) is 5.73 Å². The number of hydrogen-bond donors (Lipinski definition) is 5. The Bertz CT molecular complexity index is 754. The second kappa shape index (κ2) is 11.3. The monoisotopic (exact) mass is 408 g/mol. The zero-order valence-corrected chi connectivity index (χ0v) is 16.0. The Kier molecular flexibility index (Phi) is 9.10. The smallest absolute Gasteiger partial charge is 0.408 e. The molecule has 1 aromatic carbocycles. The van der Waals surface area contributed by atoms with Crippen LogP contribution in [0.15, 0.2) is 30.3 Å². The summed E-state index contributed by atoms with van der Waals surface area (Å²) < 4.78 is 5.00. The molecule has 0 aromatic heterocycles. The lowest BCUT2D eigenvalue weighted by atomic mass is 10.2. The zero-order chi connectivity index (χ0) is 22.0. The molecule has 0 bridgehead atoms. The number of hydrogen-bond acceptors (Lipinski definition) is 6. The van der Waals surface area contributed by atoms with Gasteiger partial charge in [-0.2, -0.15) is 0 Å². The molecule has 0 saturated heterocycles. The predicted molar refractivity (Wildman–Crippen MR) is 100 cm³/mol. The normalized spacial score (nSPS) is 13.3. The molecular weight excluding hydrogens is 384 g/mol. The third-order valence-corrected chi connectivity index (χ3v) is 3.71. The summed E-state index contributed by atoms with van der Waals surface area (Å²) in [5.74, 6) is -3.86. The van der Waals surface area contributed by atoms with E-state index in [0.29, 0.717) is 0 Å². The molecule has 0 spiro atoms. The predicted octanol–water partition coefficient (Wildman–Crippen LogP) is -0.749. The van der Waals surface area contributed by atoms with Gasteiger partial charge in [-0.3, -0.25) is 14.4 Å². The van der Waals surface area contributed by atoms with E-state index in [1.54, 1.807) is 24.3 Å². The van der Waals surface area contributed by atoms with Gasteiger partial charge in [0.2, 0.25) is 17.7 Å². The number of benzene rings is 1. The van der Waals surface area contributed by atoms with Gasteiger partial charge < -0.3 is 31.5 Å². The zero-order valence-electron chi connectivity index (χ0n) is 16.0. The van der Waals surface area contributed by atoms with Gasteiger partial charge in [0.05, 0.1) is 6.42 Å². The first-order valence-electron chi connectivity index (χ1n) is 8.69. The van der Waals surface area contributed by atoms with Crippen molar-refractivity contribution in [1.82, 2.24) is 16.0 Å². The molecule has 0 unspecified atom stereocenters. The van der Waals surface area contributed by atoms with E-state index in [0.717, 1.165) is 5.56 Å². The average molecular weight is 408 g/mol. The van der Waals surface area contributed by atoms with Crippen molar-refractivity contribution in [3.63, 3.8) is 0 Å². The number of ether oxygens (including phenoxy) is 1. The van der Waals surface area contributed by atoms with Crippen molar-refractivity contribution >= 4 is 29.8 Å². The quantitative estimate of drug-likeness (QED) is 0.338. The summed E-state index contributed by atoms with van der Waals surface area (Å²) in [5, 5.41) is 15.7. The lowest BCUT2D eigenvalue weighted by molar-refractivity contribution is -0.143. The summed E-state index contributed by atoms with van der Waals surface area (Å²) in [5.41, 5.74) is 5.71. The minimum Gasteiger partial charge on any atom is -0.480 e. The molecule has 11 heteroatoms. The van der Waals surface area contributed by atoms with Crippen LogP contribution in [0.25, 0.3) is 0 Å². The van der Waals surface area contributed by atoms with Crippen LogP contribution in [0.1, 0.15) is 25.8 Å². The van der Waals surface area contributed by atoms with Crippen LogP contribution >= 0.6 is 0 Å². The number of carboxylic acids is 1. The number of carbonyl (C=O) groups excluding carboxylic acids is 4. The van der Waals surface area contributed by atoms with E-state index < -0.39 is 54.3 Å². The van der Waals surface area contributed by atoms with Gasteiger partial charge in [0.1, 0.15) is 24.7 Å². The fourth-order valence-electron chi connectivity index (χ4n) is 2.11. The molecule has 6 N–H and O–H groups in total. The number of nitrogens with two attached hydrogens (primary N) is 1. The van der Waals surface area contributed by atoms with Crippen LogP contribution in [0.5, 0.6) is 0 Å². The van der Waals surface area contributed by atoms with E-state index in [1.807, 2.05) is 6.07 Å². The van der Waals surface area contributed by atoms with Crippen LogP contribution in [0.2, 0.25) is 0 Å². The maximum Gasteiger partial charge on any atom is 0.408 e. The van der Waals surface area contributed by atoms with E-state index >= 15 is 0 Å². The highest BCUT2D eigenvalue weighted by Crippen LogP contribution is 2.01. The Labute approximate surface area is 167 Å². The highest BCUT2D eigenvalue weighted by Gasteiger charge is 2.26. The van der Waals surface area contributed by atoms with E-state index in [-0.39, 0.29) is 6.61 Å². The molecule has 0 aliphatic heterocycles. The van der Waals surface area contributed by atoms with Crippen molar-refractivity contribution in [3.8, 4) is 0 Å². The Morgan fingerprint density at radius 3 is 2.07 bits per heavy atom. The van der Waals surface area contributed by atoms with Crippen molar-refractivity contribution in [3.05, 3.63) is 35.9 Å². The fraction of sp³-hybridized carbons (Fsp3) is 0.389. The van der Waals surface area contributed by atoms with Gasteiger partial charge in [0.15, 0.2) is 0 Å². The van der Waals surface area contributed by atoms with Crippen LogP contribution in [-0.2, 0) is 30.5 Å². The van der Waals surface area contributed by atoms with Crippen LogP contribution in [0.3, 0.4) is 0 Å². The number of nitrogens with one attached hydrogen (secondary N) is 3.